The Morgan fingerprint density at radius 3 is 2.76 bits per heavy atom. The summed E-state index contributed by atoms with van der Waals surface area (Å²) in [6.45, 7) is 9.11. The average Bonchev–Trinajstić information content (AvgIpc) is 3.26. The fourth-order valence-corrected chi connectivity index (χ4v) is 3.83. The predicted octanol–water partition coefficient (Wildman–Crippen LogP) is 2.82. The van der Waals surface area contributed by atoms with Gasteiger partial charge in [0, 0.05) is 33.0 Å². The molecule has 2 aromatic heterocycles. The van der Waals surface area contributed by atoms with Gasteiger partial charge in [0.05, 0.1) is 12.4 Å². The van der Waals surface area contributed by atoms with Gasteiger partial charge in [-0.2, -0.15) is 10.3 Å². The predicted molar refractivity (Wildman–Crippen MR) is 112 cm³/mol. The molecule has 0 aliphatic carbocycles. The molecular weight excluding hydrogens is 368 g/mol. The van der Waals surface area contributed by atoms with E-state index >= 15 is 0 Å². The molecule has 0 bridgehead atoms. The zero-order valence-electron chi connectivity index (χ0n) is 18.0. The fourth-order valence-electron chi connectivity index (χ4n) is 3.83. The number of nitrogens with one attached hydrogen (secondary N) is 1. The molecule has 1 aliphatic heterocycles. The summed E-state index contributed by atoms with van der Waals surface area (Å²) in [5, 5.41) is 11.9. The van der Waals surface area contributed by atoms with Crippen LogP contribution in [0, 0.1) is 23.3 Å². The van der Waals surface area contributed by atoms with Crippen LogP contribution in [0.2, 0.25) is 0 Å². The average molecular weight is 399 g/mol. The van der Waals surface area contributed by atoms with Crippen molar-refractivity contribution in [2.45, 2.75) is 52.9 Å². The van der Waals surface area contributed by atoms with E-state index in [2.05, 4.69) is 41.0 Å². The van der Waals surface area contributed by atoms with Crippen LogP contribution in [0.15, 0.2) is 11.3 Å². The van der Waals surface area contributed by atoms with Crippen LogP contribution in [-0.4, -0.2) is 57.0 Å². The maximum absolute atomic E-state index is 8.73. The second-order valence-electron chi connectivity index (χ2n) is 7.68. The molecule has 29 heavy (non-hydrogen) atoms. The number of hydrogen-bond acceptors (Lipinski definition) is 7. The maximum atomic E-state index is 8.73. The number of likely N-dealkylation sites (N-methyl/N-ethyl adjacent to an activating group) is 1. The van der Waals surface area contributed by atoms with E-state index in [4.69, 9.17) is 15.0 Å². The van der Waals surface area contributed by atoms with Crippen LogP contribution in [0.5, 0.6) is 0 Å². The zero-order chi connectivity index (χ0) is 21.1. The first kappa shape index (κ1) is 21.0. The Hall–Kier alpha value is -2.73. The molecule has 1 N–H and O–H groups in total. The molecule has 0 radical (unpaired) electrons. The van der Waals surface area contributed by atoms with E-state index in [1.807, 2.05) is 43.0 Å². The molecule has 3 heterocycles. The Bertz CT molecular complexity index is 930. The van der Waals surface area contributed by atoms with Crippen molar-refractivity contribution in [3.63, 3.8) is 0 Å². The molecule has 1 fully saturated rings. The number of rotatable bonds is 6. The van der Waals surface area contributed by atoms with Crippen LogP contribution >= 0.6 is 0 Å². The highest BCUT2D eigenvalue weighted by Gasteiger charge is 2.39. The van der Waals surface area contributed by atoms with Gasteiger partial charge in [-0.05, 0) is 19.3 Å². The molecule has 0 saturated carbocycles. The van der Waals surface area contributed by atoms with Crippen molar-refractivity contribution < 1.29 is 4.74 Å². The van der Waals surface area contributed by atoms with Gasteiger partial charge in [-0.3, -0.25) is 4.57 Å². The standard InChI is InChI=1S/C20H30N8O/c1-7-15-12(2)13(3)20(29-15)28-11-24-17-18(22-5)25-16(26-19(17)28)8-9-27(6)14(4)23-10-21/h11-13,15,20H,7-9H2,1-6H3,(H,22,25,26). The minimum Gasteiger partial charge on any atom is -0.371 e. The molecule has 4 unspecified atom stereocenters. The van der Waals surface area contributed by atoms with Gasteiger partial charge in [-0.15, -0.1) is 0 Å². The van der Waals surface area contributed by atoms with E-state index in [9.17, 15) is 0 Å². The molecule has 0 amide bonds. The van der Waals surface area contributed by atoms with Gasteiger partial charge in [0.15, 0.2) is 17.0 Å². The summed E-state index contributed by atoms with van der Waals surface area (Å²) in [7, 11) is 3.74. The van der Waals surface area contributed by atoms with Gasteiger partial charge in [0.25, 0.3) is 0 Å². The summed E-state index contributed by atoms with van der Waals surface area (Å²) in [6, 6.07) is 0. The minimum absolute atomic E-state index is 0.0833. The molecule has 156 valence electrons. The summed E-state index contributed by atoms with van der Waals surface area (Å²) >= 11 is 0. The zero-order valence-corrected chi connectivity index (χ0v) is 18.0. The molecule has 2 aromatic rings. The summed E-state index contributed by atoms with van der Waals surface area (Å²) in [5.74, 6) is 2.93. The second-order valence-corrected chi connectivity index (χ2v) is 7.68. The number of hydrogen-bond donors (Lipinski definition) is 1. The summed E-state index contributed by atoms with van der Waals surface area (Å²) in [4.78, 5) is 19.7. The minimum atomic E-state index is -0.0833. The van der Waals surface area contributed by atoms with Crippen molar-refractivity contribution in [3.8, 4) is 6.19 Å². The van der Waals surface area contributed by atoms with Crippen LogP contribution in [0.1, 0.15) is 46.2 Å². The van der Waals surface area contributed by atoms with Crippen molar-refractivity contribution in [1.82, 2.24) is 24.4 Å². The molecule has 3 rings (SSSR count). The molecule has 1 saturated heterocycles. The first-order valence-corrected chi connectivity index (χ1v) is 10.1. The number of anilines is 1. The van der Waals surface area contributed by atoms with Gasteiger partial charge in [0.1, 0.15) is 17.9 Å². The molecule has 1 aliphatic rings. The Balaban J connectivity index is 1.91. The van der Waals surface area contributed by atoms with Crippen LogP contribution in [0.3, 0.4) is 0 Å². The van der Waals surface area contributed by atoms with Gasteiger partial charge in [-0.25, -0.2) is 15.0 Å². The number of ether oxygens (including phenoxy) is 1. The molecule has 9 nitrogen and oxygen atoms in total. The Morgan fingerprint density at radius 1 is 1.38 bits per heavy atom. The van der Waals surface area contributed by atoms with Crippen molar-refractivity contribution >= 4 is 22.8 Å². The molecule has 4 atom stereocenters. The number of nitriles is 1. The molecule has 0 aromatic carbocycles. The highest BCUT2D eigenvalue weighted by molar-refractivity contribution is 5.83. The lowest BCUT2D eigenvalue weighted by Crippen LogP contribution is -2.27. The Morgan fingerprint density at radius 2 is 2.14 bits per heavy atom. The van der Waals surface area contributed by atoms with E-state index in [1.54, 1.807) is 0 Å². The van der Waals surface area contributed by atoms with Crippen LogP contribution in [0.4, 0.5) is 5.82 Å². The van der Waals surface area contributed by atoms with Gasteiger partial charge in [-0.1, -0.05) is 20.8 Å². The number of amidine groups is 1. The van der Waals surface area contributed by atoms with Crippen molar-refractivity contribution in [2.75, 3.05) is 26.0 Å². The van der Waals surface area contributed by atoms with Crippen molar-refractivity contribution in [3.05, 3.63) is 12.2 Å². The number of imidazole rings is 1. The van der Waals surface area contributed by atoms with Gasteiger partial charge < -0.3 is 15.0 Å². The highest BCUT2D eigenvalue weighted by atomic mass is 16.5. The fraction of sp³-hybridized carbons (Fsp3) is 0.650. The number of aromatic nitrogens is 4. The van der Waals surface area contributed by atoms with Crippen LogP contribution < -0.4 is 5.32 Å². The van der Waals surface area contributed by atoms with E-state index in [1.165, 1.54) is 0 Å². The maximum Gasteiger partial charge on any atom is 0.207 e. The smallest absolute Gasteiger partial charge is 0.207 e. The van der Waals surface area contributed by atoms with Crippen LogP contribution in [0.25, 0.3) is 11.2 Å². The van der Waals surface area contributed by atoms with Crippen molar-refractivity contribution in [2.24, 2.45) is 16.8 Å². The molecule has 0 spiro atoms. The summed E-state index contributed by atoms with van der Waals surface area (Å²) < 4.78 is 8.39. The number of nitrogens with zero attached hydrogens (tertiary/aromatic N) is 7. The molecule has 9 heteroatoms. The van der Waals surface area contributed by atoms with E-state index < -0.39 is 0 Å². The lowest BCUT2D eigenvalue weighted by Gasteiger charge is -2.19. The lowest BCUT2D eigenvalue weighted by atomic mass is 9.91. The topological polar surface area (TPSA) is 104 Å². The quantitative estimate of drug-likeness (QED) is 0.453. The van der Waals surface area contributed by atoms with E-state index in [-0.39, 0.29) is 12.3 Å². The third-order valence-electron chi connectivity index (χ3n) is 6.00. The summed E-state index contributed by atoms with van der Waals surface area (Å²) in [5.41, 5.74) is 1.53. The van der Waals surface area contributed by atoms with Gasteiger partial charge in [0.2, 0.25) is 6.19 Å². The first-order chi connectivity index (χ1) is 13.9. The first-order valence-electron chi connectivity index (χ1n) is 10.1. The molecular formula is C20H30N8O. The van der Waals surface area contributed by atoms with E-state index in [0.717, 1.165) is 17.6 Å². The number of fused-ring (bicyclic) bond motifs is 1. The van der Waals surface area contributed by atoms with E-state index in [0.29, 0.717) is 42.3 Å². The summed E-state index contributed by atoms with van der Waals surface area (Å²) in [6.07, 6.45) is 5.41. The third kappa shape index (κ3) is 4.03. The largest absolute Gasteiger partial charge is 0.371 e. The normalized spacial score (nSPS) is 24.7. The van der Waals surface area contributed by atoms with Crippen LogP contribution in [-0.2, 0) is 11.2 Å². The third-order valence-corrected chi connectivity index (χ3v) is 6.00. The van der Waals surface area contributed by atoms with Gasteiger partial charge >= 0.3 is 0 Å². The Kier molecular flexibility index (Phi) is 6.33. The SMILES string of the molecule is CCC1OC(n2cnc3c(NC)nc(CCN(C)C(C)=NC#N)nc32)C(C)C1C. The Labute approximate surface area is 171 Å². The highest BCUT2D eigenvalue weighted by Crippen LogP contribution is 2.41. The number of aliphatic imine (C=N–C) groups is 1. The lowest BCUT2D eigenvalue weighted by molar-refractivity contribution is -0.0120. The second kappa shape index (κ2) is 8.74. The monoisotopic (exact) mass is 398 g/mol. The van der Waals surface area contributed by atoms with Crippen molar-refractivity contribution in [1.29, 1.82) is 5.26 Å².